The molecule has 2 fully saturated rings. The number of carbonyl (C=O) groups excluding carboxylic acids is 1. The Morgan fingerprint density at radius 2 is 2.38 bits per heavy atom. The Morgan fingerprint density at radius 1 is 1.50 bits per heavy atom. The predicted octanol–water partition coefficient (Wildman–Crippen LogP) is 0.910. The number of aromatic amines is 1. The van der Waals surface area contributed by atoms with Crippen LogP contribution in [-0.4, -0.2) is 22.1 Å². The standard InChI is InChI=1S/C11H16N4O/c12-10-5-9(14-15-10)11(16)13-8-4-6-1-2-7(8)3-6/h5-8H,1-4H2,(H,13,16)(H3,12,14,15)/t6-,7-,8-/m1/s1. The van der Waals surface area contributed by atoms with Crippen LogP contribution >= 0.6 is 0 Å². The Balaban J connectivity index is 1.65. The van der Waals surface area contributed by atoms with Gasteiger partial charge in [-0.05, 0) is 31.1 Å². The molecule has 1 aromatic heterocycles. The number of rotatable bonds is 2. The van der Waals surface area contributed by atoms with Crippen LogP contribution in [0.3, 0.4) is 0 Å². The van der Waals surface area contributed by atoms with Gasteiger partial charge in [0.05, 0.1) is 0 Å². The Kier molecular flexibility index (Phi) is 2.12. The lowest BCUT2D eigenvalue weighted by Gasteiger charge is -2.22. The first-order valence-corrected chi connectivity index (χ1v) is 5.84. The van der Waals surface area contributed by atoms with E-state index in [2.05, 4.69) is 15.5 Å². The second-order valence-corrected chi connectivity index (χ2v) is 4.96. The van der Waals surface area contributed by atoms with Gasteiger partial charge < -0.3 is 11.1 Å². The lowest BCUT2D eigenvalue weighted by molar-refractivity contribution is 0.0918. The fraction of sp³-hybridized carbons (Fsp3) is 0.636. The third-order valence-electron chi connectivity index (χ3n) is 3.90. The molecule has 1 heterocycles. The quantitative estimate of drug-likeness (QED) is 0.692. The minimum absolute atomic E-state index is 0.0817. The zero-order valence-electron chi connectivity index (χ0n) is 9.07. The van der Waals surface area contributed by atoms with Gasteiger partial charge in [-0.2, -0.15) is 5.10 Å². The Hall–Kier alpha value is -1.52. The fourth-order valence-electron chi connectivity index (χ4n) is 3.12. The van der Waals surface area contributed by atoms with Crippen LogP contribution in [0.5, 0.6) is 0 Å². The van der Waals surface area contributed by atoms with E-state index in [-0.39, 0.29) is 5.91 Å². The molecule has 5 heteroatoms. The van der Waals surface area contributed by atoms with Gasteiger partial charge in [-0.25, -0.2) is 0 Å². The number of carbonyl (C=O) groups is 1. The molecule has 5 nitrogen and oxygen atoms in total. The van der Waals surface area contributed by atoms with Gasteiger partial charge in [0.1, 0.15) is 11.5 Å². The number of nitrogens with one attached hydrogen (secondary N) is 2. The summed E-state index contributed by atoms with van der Waals surface area (Å²) in [5.41, 5.74) is 5.92. The Bertz CT molecular complexity index is 414. The van der Waals surface area contributed by atoms with E-state index in [1.54, 1.807) is 6.07 Å². The molecule has 2 saturated carbocycles. The molecule has 0 unspecified atom stereocenters. The fourth-order valence-corrected chi connectivity index (χ4v) is 3.12. The van der Waals surface area contributed by atoms with Gasteiger partial charge in [-0.15, -0.1) is 0 Å². The zero-order valence-corrected chi connectivity index (χ0v) is 9.07. The number of nitrogen functional groups attached to an aromatic ring is 1. The van der Waals surface area contributed by atoms with Gasteiger partial charge in [0, 0.05) is 12.1 Å². The van der Waals surface area contributed by atoms with Gasteiger partial charge in [0.25, 0.3) is 5.91 Å². The molecule has 2 aliphatic carbocycles. The van der Waals surface area contributed by atoms with Crippen LogP contribution in [0.2, 0.25) is 0 Å². The molecule has 3 rings (SSSR count). The number of hydrogen-bond donors (Lipinski definition) is 3. The molecule has 0 aromatic carbocycles. The second kappa shape index (κ2) is 3.50. The summed E-state index contributed by atoms with van der Waals surface area (Å²) in [5.74, 6) is 1.80. The first kappa shape index (κ1) is 9.69. The highest BCUT2D eigenvalue weighted by molar-refractivity contribution is 5.93. The topological polar surface area (TPSA) is 83.8 Å². The van der Waals surface area contributed by atoms with Crippen molar-refractivity contribution in [3.8, 4) is 0 Å². The van der Waals surface area contributed by atoms with E-state index in [1.807, 2.05) is 0 Å². The van der Waals surface area contributed by atoms with E-state index in [0.29, 0.717) is 23.5 Å². The number of H-pyrrole nitrogens is 1. The zero-order chi connectivity index (χ0) is 11.1. The van der Waals surface area contributed by atoms with Crippen LogP contribution in [-0.2, 0) is 0 Å². The van der Waals surface area contributed by atoms with Gasteiger partial charge in [0.2, 0.25) is 0 Å². The molecule has 0 spiro atoms. The summed E-state index contributed by atoms with van der Waals surface area (Å²) in [5, 5.41) is 9.46. The first-order chi connectivity index (χ1) is 7.72. The Labute approximate surface area is 93.8 Å². The summed E-state index contributed by atoms with van der Waals surface area (Å²) in [6.07, 6.45) is 5.03. The highest BCUT2D eigenvalue weighted by atomic mass is 16.2. The maximum absolute atomic E-state index is 11.9. The molecule has 86 valence electrons. The van der Waals surface area contributed by atoms with Crippen molar-refractivity contribution in [1.29, 1.82) is 0 Å². The van der Waals surface area contributed by atoms with Crippen molar-refractivity contribution >= 4 is 11.7 Å². The van der Waals surface area contributed by atoms with Crippen LogP contribution in [0.15, 0.2) is 6.07 Å². The van der Waals surface area contributed by atoms with Crippen molar-refractivity contribution in [2.75, 3.05) is 5.73 Å². The highest BCUT2D eigenvalue weighted by Crippen LogP contribution is 2.44. The van der Waals surface area contributed by atoms with Crippen LogP contribution in [0.25, 0.3) is 0 Å². The van der Waals surface area contributed by atoms with Gasteiger partial charge in [-0.3, -0.25) is 9.89 Å². The average Bonchev–Trinajstić information content (AvgIpc) is 2.92. The minimum Gasteiger partial charge on any atom is -0.382 e. The Morgan fingerprint density at radius 3 is 2.94 bits per heavy atom. The molecule has 0 saturated heterocycles. The summed E-state index contributed by atoms with van der Waals surface area (Å²) < 4.78 is 0. The lowest BCUT2D eigenvalue weighted by atomic mass is 9.95. The summed E-state index contributed by atoms with van der Waals surface area (Å²) in [7, 11) is 0. The number of amides is 1. The van der Waals surface area contributed by atoms with Crippen LogP contribution in [0.1, 0.15) is 36.2 Å². The minimum atomic E-state index is -0.0817. The van der Waals surface area contributed by atoms with Crippen molar-refractivity contribution in [2.45, 2.75) is 31.7 Å². The number of fused-ring (bicyclic) bond motifs is 2. The number of hydrogen-bond acceptors (Lipinski definition) is 3. The SMILES string of the molecule is Nc1cc(C(=O)N[C@@H]2C[C@@H]3CC[C@@H]2C3)[nH]n1. The van der Waals surface area contributed by atoms with E-state index in [4.69, 9.17) is 5.73 Å². The predicted molar refractivity (Wildman–Crippen MR) is 59.7 cm³/mol. The van der Waals surface area contributed by atoms with Gasteiger partial charge >= 0.3 is 0 Å². The molecule has 2 aliphatic rings. The summed E-state index contributed by atoms with van der Waals surface area (Å²) >= 11 is 0. The first-order valence-electron chi connectivity index (χ1n) is 5.84. The number of aromatic nitrogens is 2. The molecule has 4 N–H and O–H groups in total. The average molecular weight is 220 g/mol. The molecule has 0 radical (unpaired) electrons. The van der Waals surface area contributed by atoms with Crippen LogP contribution < -0.4 is 11.1 Å². The van der Waals surface area contributed by atoms with Crippen molar-refractivity contribution in [2.24, 2.45) is 11.8 Å². The van der Waals surface area contributed by atoms with E-state index < -0.39 is 0 Å². The second-order valence-electron chi connectivity index (χ2n) is 4.96. The molecule has 0 aliphatic heterocycles. The molecular formula is C11H16N4O. The maximum atomic E-state index is 11.9. The maximum Gasteiger partial charge on any atom is 0.269 e. The number of nitrogens with two attached hydrogens (primary N) is 1. The van der Waals surface area contributed by atoms with Gasteiger partial charge in [0.15, 0.2) is 0 Å². The van der Waals surface area contributed by atoms with Crippen molar-refractivity contribution in [3.05, 3.63) is 11.8 Å². The molecule has 1 amide bonds. The lowest BCUT2D eigenvalue weighted by Crippen LogP contribution is -2.38. The summed E-state index contributed by atoms with van der Waals surface area (Å²) in [4.78, 5) is 11.9. The third kappa shape index (κ3) is 1.56. The van der Waals surface area contributed by atoms with E-state index >= 15 is 0 Å². The van der Waals surface area contributed by atoms with Crippen LogP contribution in [0, 0.1) is 11.8 Å². The van der Waals surface area contributed by atoms with Crippen molar-refractivity contribution < 1.29 is 4.79 Å². The van der Waals surface area contributed by atoms with Crippen molar-refractivity contribution in [1.82, 2.24) is 15.5 Å². The third-order valence-corrected chi connectivity index (χ3v) is 3.90. The molecule has 3 atom stereocenters. The van der Waals surface area contributed by atoms with Crippen LogP contribution in [0.4, 0.5) is 5.82 Å². The molecular weight excluding hydrogens is 204 g/mol. The van der Waals surface area contributed by atoms with Gasteiger partial charge in [-0.1, -0.05) is 6.42 Å². The van der Waals surface area contributed by atoms with E-state index in [1.165, 1.54) is 19.3 Å². The molecule has 1 aromatic rings. The molecule has 16 heavy (non-hydrogen) atoms. The van der Waals surface area contributed by atoms with E-state index in [0.717, 1.165) is 12.3 Å². The summed E-state index contributed by atoms with van der Waals surface area (Å²) in [6, 6.07) is 1.93. The smallest absolute Gasteiger partial charge is 0.269 e. The number of anilines is 1. The normalized spacial score (nSPS) is 31.9. The van der Waals surface area contributed by atoms with Crippen molar-refractivity contribution in [3.63, 3.8) is 0 Å². The summed E-state index contributed by atoms with van der Waals surface area (Å²) in [6.45, 7) is 0. The monoisotopic (exact) mass is 220 g/mol. The number of nitrogens with zero attached hydrogens (tertiary/aromatic N) is 1. The highest BCUT2D eigenvalue weighted by Gasteiger charge is 2.40. The van der Waals surface area contributed by atoms with E-state index in [9.17, 15) is 4.79 Å². The largest absolute Gasteiger partial charge is 0.382 e. The molecule has 2 bridgehead atoms.